The van der Waals surface area contributed by atoms with Crippen molar-refractivity contribution >= 4 is 11.8 Å². The Morgan fingerprint density at radius 1 is 0.828 bits per heavy atom. The number of hydrogen-bond acceptors (Lipinski definition) is 2. The van der Waals surface area contributed by atoms with E-state index in [9.17, 15) is 9.59 Å². The van der Waals surface area contributed by atoms with Crippen molar-refractivity contribution in [3.63, 3.8) is 0 Å². The van der Waals surface area contributed by atoms with E-state index in [-0.39, 0.29) is 18.4 Å². The summed E-state index contributed by atoms with van der Waals surface area (Å²) in [6.07, 6.45) is 0. The molecule has 29 heavy (non-hydrogen) atoms. The predicted octanol–water partition coefficient (Wildman–Crippen LogP) is 3.35. The van der Waals surface area contributed by atoms with Crippen LogP contribution in [-0.2, 0) is 4.79 Å². The smallest absolute Gasteiger partial charge is 0.252 e. The van der Waals surface area contributed by atoms with Crippen molar-refractivity contribution in [1.29, 1.82) is 0 Å². The highest BCUT2D eigenvalue weighted by Crippen LogP contribution is 2.24. The Kier molecular flexibility index (Phi) is 6.80. The van der Waals surface area contributed by atoms with E-state index in [1.165, 1.54) is 0 Å². The molecule has 4 nitrogen and oxygen atoms in total. The lowest BCUT2D eigenvalue weighted by Crippen LogP contribution is -2.30. The molecule has 0 spiro atoms. The molecule has 0 atom stereocenters. The van der Waals surface area contributed by atoms with Crippen molar-refractivity contribution in [3.8, 4) is 11.8 Å². The second kappa shape index (κ2) is 9.91. The lowest BCUT2D eigenvalue weighted by molar-refractivity contribution is -0.121. The van der Waals surface area contributed by atoms with E-state index in [0.717, 1.165) is 11.1 Å². The van der Waals surface area contributed by atoms with Gasteiger partial charge in [-0.1, -0.05) is 84.6 Å². The third kappa shape index (κ3) is 5.12. The van der Waals surface area contributed by atoms with E-state index < -0.39 is 5.92 Å². The fourth-order valence-corrected chi connectivity index (χ4v) is 3.08. The average Bonchev–Trinajstić information content (AvgIpc) is 2.78. The lowest BCUT2D eigenvalue weighted by atomic mass is 9.90. The van der Waals surface area contributed by atoms with Gasteiger partial charge in [-0.25, -0.2) is 0 Å². The Hall–Kier alpha value is -3.84. The second-order valence-corrected chi connectivity index (χ2v) is 6.40. The van der Waals surface area contributed by atoms with Gasteiger partial charge in [-0.3, -0.25) is 9.59 Å². The zero-order valence-corrected chi connectivity index (χ0v) is 16.2. The first kappa shape index (κ1) is 19.9. The molecule has 0 aliphatic carbocycles. The van der Waals surface area contributed by atoms with Crippen molar-refractivity contribution in [1.82, 2.24) is 10.6 Å². The highest BCUT2D eigenvalue weighted by Gasteiger charge is 2.21. The van der Waals surface area contributed by atoms with Crippen molar-refractivity contribution < 1.29 is 9.59 Å². The van der Waals surface area contributed by atoms with Crippen LogP contribution in [0.25, 0.3) is 0 Å². The number of benzene rings is 3. The third-order valence-corrected chi connectivity index (χ3v) is 4.50. The zero-order valence-electron chi connectivity index (χ0n) is 16.2. The van der Waals surface area contributed by atoms with Crippen LogP contribution in [-0.4, -0.2) is 25.4 Å². The minimum atomic E-state index is -0.405. The number of carbonyl (C=O) groups excluding carboxylic acids is 2. The van der Waals surface area contributed by atoms with Gasteiger partial charge in [0, 0.05) is 12.6 Å². The van der Waals surface area contributed by atoms with Crippen LogP contribution < -0.4 is 10.6 Å². The zero-order chi connectivity index (χ0) is 20.5. The Morgan fingerprint density at radius 2 is 1.38 bits per heavy atom. The Bertz CT molecular complexity index is 995. The summed E-state index contributed by atoms with van der Waals surface area (Å²) in [5, 5.41) is 5.50. The lowest BCUT2D eigenvalue weighted by Gasteiger charge is -2.17. The number of rotatable bonds is 5. The first-order chi connectivity index (χ1) is 14.2. The van der Waals surface area contributed by atoms with Crippen LogP contribution in [0.1, 0.15) is 33.0 Å². The van der Waals surface area contributed by atoms with Gasteiger partial charge in [0.2, 0.25) is 5.91 Å². The van der Waals surface area contributed by atoms with Crippen LogP contribution in [0, 0.1) is 11.8 Å². The summed E-state index contributed by atoms with van der Waals surface area (Å²) >= 11 is 0. The maximum Gasteiger partial charge on any atom is 0.252 e. The van der Waals surface area contributed by atoms with Gasteiger partial charge in [0.15, 0.2) is 0 Å². The van der Waals surface area contributed by atoms with Gasteiger partial charge in [-0.05, 0) is 23.3 Å². The molecule has 0 radical (unpaired) electrons. The molecule has 0 saturated carbocycles. The molecule has 0 unspecified atom stereocenters. The highest BCUT2D eigenvalue weighted by atomic mass is 16.2. The summed E-state index contributed by atoms with van der Waals surface area (Å²) in [4.78, 5) is 24.9. The van der Waals surface area contributed by atoms with Gasteiger partial charge in [0.05, 0.1) is 18.0 Å². The fourth-order valence-electron chi connectivity index (χ4n) is 3.08. The Morgan fingerprint density at radius 3 is 1.97 bits per heavy atom. The maximum absolute atomic E-state index is 12.9. The quantitative estimate of drug-likeness (QED) is 0.665. The van der Waals surface area contributed by atoms with Crippen molar-refractivity contribution in [3.05, 3.63) is 107 Å². The van der Waals surface area contributed by atoms with Crippen LogP contribution in [0.4, 0.5) is 0 Å². The van der Waals surface area contributed by atoms with E-state index in [0.29, 0.717) is 11.1 Å². The standard InChI is InChI=1S/C25H22N2O2/c1-26-24(28)22-17-9-8-11-19(22)16-10-18-27-25(29)23(20-12-4-2-5-13-20)21-14-6-3-7-15-21/h2-9,11-15,17,23H,18H2,1H3,(H,26,28)(H,27,29). The number of nitrogens with one attached hydrogen (secondary N) is 2. The Balaban J connectivity index is 1.75. The van der Waals surface area contributed by atoms with Crippen LogP contribution in [0.3, 0.4) is 0 Å². The van der Waals surface area contributed by atoms with Gasteiger partial charge < -0.3 is 10.6 Å². The molecule has 0 fully saturated rings. The van der Waals surface area contributed by atoms with E-state index in [4.69, 9.17) is 0 Å². The molecule has 144 valence electrons. The van der Waals surface area contributed by atoms with E-state index in [1.54, 1.807) is 25.2 Å². The molecular formula is C25H22N2O2. The first-order valence-electron chi connectivity index (χ1n) is 9.38. The second-order valence-electron chi connectivity index (χ2n) is 6.40. The van der Waals surface area contributed by atoms with Gasteiger partial charge in [0.25, 0.3) is 5.91 Å². The average molecular weight is 382 g/mol. The summed E-state index contributed by atoms with van der Waals surface area (Å²) in [6, 6.07) is 26.5. The minimum Gasteiger partial charge on any atom is -0.355 e. The van der Waals surface area contributed by atoms with Gasteiger partial charge in [0.1, 0.15) is 0 Å². The first-order valence-corrected chi connectivity index (χ1v) is 9.38. The normalized spacial score (nSPS) is 10.0. The van der Waals surface area contributed by atoms with Crippen molar-refractivity contribution in [2.24, 2.45) is 0 Å². The number of hydrogen-bond donors (Lipinski definition) is 2. The molecule has 0 bridgehead atoms. The molecule has 3 aromatic rings. The molecule has 3 rings (SSSR count). The molecule has 0 aliphatic rings. The predicted molar refractivity (Wildman–Crippen MR) is 114 cm³/mol. The van der Waals surface area contributed by atoms with Crippen LogP contribution >= 0.6 is 0 Å². The molecule has 3 aromatic carbocycles. The van der Waals surface area contributed by atoms with Crippen LogP contribution in [0.5, 0.6) is 0 Å². The van der Waals surface area contributed by atoms with Gasteiger partial charge >= 0.3 is 0 Å². The van der Waals surface area contributed by atoms with E-state index >= 15 is 0 Å². The summed E-state index contributed by atoms with van der Waals surface area (Å²) in [6.45, 7) is 0.192. The van der Waals surface area contributed by atoms with E-state index in [1.807, 2.05) is 66.7 Å². The largest absolute Gasteiger partial charge is 0.355 e. The van der Waals surface area contributed by atoms with E-state index in [2.05, 4.69) is 22.5 Å². The van der Waals surface area contributed by atoms with Gasteiger partial charge in [-0.2, -0.15) is 0 Å². The summed E-state index contributed by atoms with van der Waals surface area (Å²) in [5.41, 5.74) is 2.99. The molecule has 2 N–H and O–H groups in total. The summed E-state index contributed by atoms with van der Waals surface area (Å²) < 4.78 is 0. The molecular weight excluding hydrogens is 360 g/mol. The highest BCUT2D eigenvalue weighted by molar-refractivity contribution is 5.96. The molecule has 0 saturated heterocycles. The monoisotopic (exact) mass is 382 g/mol. The van der Waals surface area contributed by atoms with Crippen molar-refractivity contribution in [2.45, 2.75) is 5.92 Å². The molecule has 0 aromatic heterocycles. The Labute approximate surface area is 171 Å². The fraction of sp³-hybridized carbons (Fsp3) is 0.120. The summed E-state index contributed by atoms with van der Waals surface area (Å²) in [7, 11) is 1.58. The maximum atomic E-state index is 12.9. The van der Waals surface area contributed by atoms with Crippen LogP contribution in [0.15, 0.2) is 84.9 Å². The number of amides is 2. The van der Waals surface area contributed by atoms with Gasteiger partial charge in [-0.15, -0.1) is 0 Å². The minimum absolute atomic E-state index is 0.115. The molecule has 2 amide bonds. The molecule has 0 aliphatic heterocycles. The van der Waals surface area contributed by atoms with Crippen LogP contribution in [0.2, 0.25) is 0 Å². The summed E-state index contributed by atoms with van der Waals surface area (Å²) in [5.74, 6) is 5.22. The SMILES string of the molecule is CNC(=O)c1ccccc1C#CCNC(=O)C(c1ccccc1)c1ccccc1. The number of carbonyl (C=O) groups is 2. The molecule has 4 heteroatoms. The van der Waals surface area contributed by atoms with Crippen molar-refractivity contribution in [2.75, 3.05) is 13.6 Å². The topological polar surface area (TPSA) is 58.2 Å². The molecule has 0 heterocycles. The third-order valence-electron chi connectivity index (χ3n) is 4.50.